The number of benzene rings is 1. The first kappa shape index (κ1) is 14.8. The van der Waals surface area contributed by atoms with Crippen LogP contribution in [0.3, 0.4) is 0 Å². The molecule has 2 rings (SSSR count). The lowest BCUT2D eigenvalue weighted by atomic mass is 9.78. The average molecular weight is 272 g/mol. The maximum atomic E-state index is 12.4. The summed E-state index contributed by atoms with van der Waals surface area (Å²) in [6, 6.07) is 9.62. The SMILES string of the molecule is CO/C=C1\CCCC[C@H]1CC(C)C(=O)c1ccccc1. The third kappa shape index (κ3) is 3.72. The highest BCUT2D eigenvalue weighted by Crippen LogP contribution is 2.34. The van der Waals surface area contributed by atoms with Gasteiger partial charge >= 0.3 is 0 Å². The quantitative estimate of drug-likeness (QED) is 0.577. The standard InChI is InChI=1S/C18H24O2/c1-14(18(19)15-8-4-3-5-9-15)12-16-10-6-7-11-17(16)13-20-2/h3-5,8-9,13-14,16H,6-7,10-12H2,1-2H3/b17-13+/t14?,16-/m0/s1. The van der Waals surface area contributed by atoms with Crippen LogP contribution in [0.2, 0.25) is 0 Å². The number of rotatable bonds is 5. The molecule has 2 nitrogen and oxygen atoms in total. The van der Waals surface area contributed by atoms with Gasteiger partial charge in [0.1, 0.15) is 0 Å². The predicted octanol–water partition coefficient (Wildman–Crippen LogP) is 4.62. The van der Waals surface area contributed by atoms with Crippen LogP contribution in [0.1, 0.15) is 49.4 Å². The molecule has 1 aromatic rings. The van der Waals surface area contributed by atoms with E-state index >= 15 is 0 Å². The Balaban J connectivity index is 2.01. The van der Waals surface area contributed by atoms with Crippen molar-refractivity contribution in [1.82, 2.24) is 0 Å². The van der Waals surface area contributed by atoms with E-state index < -0.39 is 0 Å². The lowest BCUT2D eigenvalue weighted by Gasteiger charge is -2.27. The van der Waals surface area contributed by atoms with Crippen LogP contribution in [0.5, 0.6) is 0 Å². The molecule has 2 atom stereocenters. The molecule has 0 aliphatic heterocycles. The third-order valence-electron chi connectivity index (χ3n) is 4.21. The number of hydrogen-bond acceptors (Lipinski definition) is 2. The maximum absolute atomic E-state index is 12.4. The van der Waals surface area contributed by atoms with Crippen molar-refractivity contribution in [2.24, 2.45) is 11.8 Å². The number of ether oxygens (including phenoxy) is 1. The number of Topliss-reactive ketones (excluding diaryl/α,β-unsaturated/α-hetero) is 1. The molecule has 1 aromatic carbocycles. The van der Waals surface area contributed by atoms with Crippen LogP contribution in [0.25, 0.3) is 0 Å². The molecule has 0 N–H and O–H groups in total. The number of hydrogen-bond donors (Lipinski definition) is 0. The van der Waals surface area contributed by atoms with Crippen LogP contribution in [-0.2, 0) is 4.74 Å². The molecular formula is C18H24O2. The van der Waals surface area contributed by atoms with E-state index in [0.29, 0.717) is 5.92 Å². The Morgan fingerprint density at radius 1 is 1.35 bits per heavy atom. The summed E-state index contributed by atoms with van der Waals surface area (Å²) in [5.74, 6) is 0.833. The molecule has 0 amide bonds. The smallest absolute Gasteiger partial charge is 0.165 e. The summed E-state index contributed by atoms with van der Waals surface area (Å²) in [7, 11) is 1.71. The number of methoxy groups -OCH3 is 1. The molecular weight excluding hydrogens is 248 g/mol. The second-order valence-corrected chi connectivity index (χ2v) is 5.74. The zero-order chi connectivity index (χ0) is 14.4. The largest absolute Gasteiger partial charge is 0.504 e. The van der Waals surface area contributed by atoms with E-state index in [1.54, 1.807) is 7.11 Å². The molecule has 0 spiro atoms. The highest BCUT2D eigenvalue weighted by atomic mass is 16.5. The molecule has 1 unspecified atom stereocenters. The fraction of sp³-hybridized carbons (Fsp3) is 0.500. The van der Waals surface area contributed by atoms with Crippen LogP contribution >= 0.6 is 0 Å². The first-order valence-corrected chi connectivity index (χ1v) is 7.53. The van der Waals surface area contributed by atoms with Gasteiger partial charge in [0.25, 0.3) is 0 Å². The minimum absolute atomic E-state index is 0.0701. The highest BCUT2D eigenvalue weighted by Gasteiger charge is 2.24. The van der Waals surface area contributed by atoms with E-state index in [9.17, 15) is 4.79 Å². The van der Waals surface area contributed by atoms with Gasteiger partial charge in [-0.25, -0.2) is 0 Å². The van der Waals surface area contributed by atoms with Gasteiger partial charge in [-0.3, -0.25) is 4.79 Å². The van der Waals surface area contributed by atoms with Crippen LogP contribution in [0.4, 0.5) is 0 Å². The predicted molar refractivity (Wildman–Crippen MR) is 81.6 cm³/mol. The lowest BCUT2D eigenvalue weighted by Crippen LogP contribution is -2.19. The Morgan fingerprint density at radius 2 is 2.10 bits per heavy atom. The number of ketones is 1. The number of carbonyl (C=O) groups excluding carboxylic acids is 1. The van der Waals surface area contributed by atoms with Gasteiger partial charge in [-0.1, -0.05) is 43.7 Å². The summed E-state index contributed by atoms with van der Waals surface area (Å²) >= 11 is 0. The Hall–Kier alpha value is -1.57. The topological polar surface area (TPSA) is 26.3 Å². The van der Waals surface area contributed by atoms with Gasteiger partial charge in [-0.15, -0.1) is 0 Å². The maximum Gasteiger partial charge on any atom is 0.165 e. The second kappa shape index (κ2) is 7.28. The van der Waals surface area contributed by atoms with Gasteiger partial charge in [-0.2, -0.15) is 0 Å². The van der Waals surface area contributed by atoms with Crippen molar-refractivity contribution in [3.63, 3.8) is 0 Å². The first-order chi connectivity index (χ1) is 9.72. The molecule has 1 aliphatic carbocycles. The molecule has 0 bridgehead atoms. The highest BCUT2D eigenvalue weighted by molar-refractivity contribution is 5.97. The van der Waals surface area contributed by atoms with Gasteiger partial charge in [0.2, 0.25) is 0 Å². The molecule has 0 heterocycles. The Labute approximate surface area is 121 Å². The lowest BCUT2D eigenvalue weighted by molar-refractivity contribution is 0.0912. The van der Waals surface area contributed by atoms with E-state index in [-0.39, 0.29) is 11.7 Å². The Morgan fingerprint density at radius 3 is 2.80 bits per heavy atom. The zero-order valence-corrected chi connectivity index (χ0v) is 12.5. The van der Waals surface area contributed by atoms with Crippen LogP contribution in [-0.4, -0.2) is 12.9 Å². The number of carbonyl (C=O) groups is 1. The minimum Gasteiger partial charge on any atom is -0.504 e. The third-order valence-corrected chi connectivity index (χ3v) is 4.21. The van der Waals surface area contributed by atoms with Crippen LogP contribution in [0, 0.1) is 11.8 Å². The minimum atomic E-state index is 0.0701. The molecule has 0 radical (unpaired) electrons. The van der Waals surface area contributed by atoms with Gasteiger partial charge in [-0.05, 0) is 37.2 Å². The molecule has 1 fully saturated rings. The van der Waals surface area contributed by atoms with Gasteiger partial charge < -0.3 is 4.74 Å². The molecule has 1 aliphatic rings. The Bertz CT molecular complexity index is 462. The fourth-order valence-electron chi connectivity index (χ4n) is 3.11. The van der Waals surface area contributed by atoms with Crippen LogP contribution in [0.15, 0.2) is 42.2 Å². The second-order valence-electron chi connectivity index (χ2n) is 5.74. The van der Waals surface area contributed by atoms with Crippen molar-refractivity contribution in [2.45, 2.75) is 39.0 Å². The van der Waals surface area contributed by atoms with Crippen molar-refractivity contribution >= 4 is 5.78 Å². The molecule has 0 aromatic heterocycles. The monoisotopic (exact) mass is 272 g/mol. The Kier molecular flexibility index (Phi) is 5.40. The molecule has 20 heavy (non-hydrogen) atoms. The summed E-state index contributed by atoms with van der Waals surface area (Å²) in [6.07, 6.45) is 7.63. The van der Waals surface area contributed by atoms with E-state index in [1.165, 1.54) is 24.8 Å². The number of allylic oxidation sites excluding steroid dienone is 1. The van der Waals surface area contributed by atoms with Gasteiger partial charge in [0.15, 0.2) is 5.78 Å². The molecule has 1 saturated carbocycles. The summed E-state index contributed by atoms with van der Waals surface area (Å²) < 4.78 is 5.19. The van der Waals surface area contributed by atoms with Crippen molar-refractivity contribution < 1.29 is 9.53 Å². The van der Waals surface area contributed by atoms with Gasteiger partial charge in [0, 0.05) is 11.5 Å². The van der Waals surface area contributed by atoms with Crippen molar-refractivity contribution in [3.05, 3.63) is 47.7 Å². The zero-order valence-electron chi connectivity index (χ0n) is 12.5. The van der Waals surface area contributed by atoms with E-state index in [2.05, 4.69) is 0 Å². The summed E-state index contributed by atoms with van der Waals surface area (Å²) in [5.41, 5.74) is 2.21. The molecule has 108 valence electrons. The summed E-state index contributed by atoms with van der Waals surface area (Å²) in [6.45, 7) is 2.05. The average Bonchev–Trinajstić information content (AvgIpc) is 2.49. The first-order valence-electron chi connectivity index (χ1n) is 7.53. The van der Waals surface area contributed by atoms with E-state index in [4.69, 9.17) is 4.74 Å². The molecule has 2 heteroatoms. The molecule has 0 saturated heterocycles. The van der Waals surface area contributed by atoms with Crippen molar-refractivity contribution in [2.75, 3.05) is 7.11 Å². The van der Waals surface area contributed by atoms with Gasteiger partial charge in [0.05, 0.1) is 13.4 Å². The van der Waals surface area contributed by atoms with E-state index in [0.717, 1.165) is 18.4 Å². The van der Waals surface area contributed by atoms with E-state index in [1.807, 2.05) is 43.5 Å². The summed E-state index contributed by atoms with van der Waals surface area (Å²) in [4.78, 5) is 12.4. The summed E-state index contributed by atoms with van der Waals surface area (Å²) in [5, 5.41) is 0. The normalized spacial score (nSPS) is 22.5. The van der Waals surface area contributed by atoms with Crippen LogP contribution < -0.4 is 0 Å². The van der Waals surface area contributed by atoms with Crippen molar-refractivity contribution in [3.8, 4) is 0 Å². The fourth-order valence-corrected chi connectivity index (χ4v) is 3.11. The van der Waals surface area contributed by atoms with Crippen molar-refractivity contribution in [1.29, 1.82) is 0 Å².